The fourth-order valence-electron chi connectivity index (χ4n) is 3.77. The zero-order valence-electron chi connectivity index (χ0n) is 13.9. The van der Waals surface area contributed by atoms with Gasteiger partial charge in [-0.2, -0.15) is 0 Å². The standard InChI is InChI=1S/C17H22N4O3/c1-12(22)20-8-5-14(6-9-20)21-7-4-13(11-21)16-18-19-17(24-16)15-3-2-10-23-15/h2-3,10,13-14H,4-9,11H2,1H3. The molecule has 0 N–H and O–H groups in total. The fourth-order valence-corrected chi connectivity index (χ4v) is 3.77. The van der Waals surface area contributed by atoms with Gasteiger partial charge >= 0.3 is 0 Å². The molecule has 2 saturated heterocycles. The van der Waals surface area contributed by atoms with Crippen molar-refractivity contribution in [3.8, 4) is 11.7 Å². The van der Waals surface area contributed by atoms with Crippen LogP contribution in [0, 0.1) is 0 Å². The van der Waals surface area contributed by atoms with Crippen molar-refractivity contribution in [3.63, 3.8) is 0 Å². The topological polar surface area (TPSA) is 75.6 Å². The Morgan fingerprint density at radius 2 is 2.04 bits per heavy atom. The number of hydrogen-bond acceptors (Lipinski definition) is 6. The van der Waals surface area contributed by atoms with E-state index in [2.05, 4.69) is 15.1 Å². The smallest absolute Gasteiger partial charge is 0.283 e. The summed E-state index contributed by atoms with van der Waals surface area (Å²) in [7, 11) is 0. The third kappa shape index (κ3) is 2.96. The van der Waals surface area contributed by atoms with Gasteiger partial charge in [0, 0.05) is 32.6 Å². The van der Waals surface area contributed by atoms with E-state index in [9.17, 15) is 4.79 Å². The lowest BCUT2D eigenvalue weighted by atomic mass is 10.0. The normalized spacial score (nSPS) is 23.0. The zero-order chi connectivity index (χ0) is 16.5. The van der Waals surface area contributed by atoms with E-state index in [0.717, 1.165) is 45.4 Å². The summed E-state index contributed by atoms with van der Waals surface area (Å²) in [5.41, 5.74) is 0. The summed E-state index contributed by atoms with van der Waals surface area (Å²) < 4.78 is 11.1. The van der Waals surface area contributed by atoms with Gasteiger partial charge in [-0.3, -0.25) is 9.69 Å². The fraction of sp³-hybridized carbons (Fsp3) is 0.588. The first kappa shape index (κ1) is 15.4. The van der Waals surface area contributed by atoms with Crippen LogP contribution >= 0.6 is 0 Å². The number of hydrogen-bond donors (Lipinski definition) is 0. The summed E-state index contributed by atoms with van der Waals surface area (Å²) in [6.07, 6.45) is 4.73. The lowest BCUT2D eigenvalue weighted by Gasteiger charge is -2.36. The van der Waals surface area contributed by atoms with E-state index in [1.54, 1.807) is 13.2 Å². The van der Waals surface area contributed by atoms with Crippen LogP contribution in [0.1, 0.15) is 38.0 Å². The van der Waals surface area contributed by atoms with E-state index in [0.29, 0.717) is 23.6 Å². The molecule has 0 bridgehead atoms. The Bertz CT molecular complexity index is 689. The van der Waals surface area contributed by atoms with E-state index < -0.39 is 0 Å². The number of amides is 1. The molecule has 0 radical (unpaired) electrons. The minimum atomic E-state index is 0.184. The highest BCUT2D eigenvalue weighted by Gasteiger charge is 2.34. The highest BCUT2D eigenvalue weighted by Crippen LogP contribution is 2.31. The molecule has 1 unspecified atom stereocenters. The Labute approximate surface area is 140 Å². The second-order valence-corrected chi connectivity index (χ2v) is 6.64. The van der Waals surface area contributed by atoms with E-state index in [1.807, 2.05) is 17.0 Å². The predicted molar refractivity (Wildman–Crippen MR) is 86.2 cm³/mol. The first-order chi connectivity index (χ1) is 11.7. The van der Waals surface area contributed by atoms with Crippen LogP contribution in [0.5, 0.6) is 0 Å². The molecule has 4 rings (SSSR count). The molecule has 128 valence electrons. The highest BCUT2D eigenvalue weighted by molar-refractivity contribution is 5.73. The Morgan fingerprint density at radius 3 is 2.75 bits per heavy atom. The molecule has 7 nitrogen and oxygen atoms in total. The molecule has 1 atom stereocenters. The maximum absolute atomic E-state index is 11.4. The number of nitrogens with zero attached hydrogens (tertiary/aromatic N) is 4. The number of likely N-dealkylation sites (tertiary alicyclic amines) is 2. The van der Waals surface area contributed by atoms with Crippen molar-refractivity contribution in [1.82, 2.24) is 20.0 Å². The molecule has 2 aliphatic rings. The molecular weight excluding hydrogens is 308 g/mol. The minimum Gasteiger partial charge on any atom is -0.459 e. The van der Waals surface area contributed by atoms with E-state index in [-0.39, 0.29) is 11.8 Å². The molecule has 2 aromatic rings. The van der Waals surface area contributed by atoms with E-state index >= 15 is 0 Å². The number of rotatable bonds is 3. The monoisotopic (exact) mass is 330 g/mol. The number of furan rings is 1. The minimum absolute atomic E-state index is 0.184. The van der Waals surface area contributed by atoms with Gasteiger partial charge in [0.05, 0.1) is 12.2 Å². The number of piperidine rings is 1. The quantitative estimate of drug-likeness (QED) is 0.858. The summed E-state index contributed by atoms with van der Waals surface area (Å²) >= 11 is 0. The first-order valence-corrected chi connectivity index (χ1v) is 8.57. The van der Waals surface area contributed by atoms with Gasteiger partial charge in [-0.15, -0.1) is 10.2 Å². The van der Waals surface area contributed by atoms with Crippen LogP contribution in [0.4, 0.5) is 0 Å². The average molecular weight is 330 g/mol. The van der Waals surface area contributed by atoms with Crippen molar-refractivity contribution in [2.45, 2.75) is 38.1 Å². The third-order valence-corrected chi connectivity index (χ3v) is 5.17. The van der Waals surface area contributed by atoms with Crippen LogP contribution in [0.25, 0.3) is 11.7 Å². The van der Waals surface area contributed by atoms with Crippen molar-refractivity contribution >= 4 is 5.91 Å². The molecule has 2 aromatic heterocycles. The van der Waals surface area contributed by atoms with Crippen LogP contribution in [0.15, 0.2) is 27.2 Å². The van der Waals surface area contributed by atoms with Crippen LogP contribution in [-0.2, 0) is 4.79 Å². The molecule has 7 heteroatoms. The van der Waals surface area contributed by atoms with Crippen molar-refractivity contribution in [3.05, 3.63) is 24.3 Å². The molecule has 2 aliphatic heterocycles. The largest absolute Gasteiger partial charge is 0.459 e. The van der Waals surface area contributed by atoms with Crippen molar-refractivity contribution in [1.29, 1.82) is 0 Å². The number of carbonyl (C=O) groups excluding carboxylic acids is 1. The lowest BCUT2D eigenvalue weighted by molar-refractivity contribution is -0.130. The summed E-state index contributed by atoms with van der Waals surface area (Å²) in [4.78, 5) is 15.9. The molecule has 0 spiro atoms. The summed E-state index contributed by atoms with van der Waals surface area (Å²) in [6.45, 7) is 5.38. The zero-order valence-corrected chi connectivity index (χ0v) is 13.9. The maximum Gasteiger partial charge on any atom is 0.283 e. The summed E-state index contributed by atoms with van der Waals surface area (Å²) in [5, 5.41) is 8.31. The Balaban J connectivity index is 1.36. The van der Waals surface area contributed by atoms with Crippen LogP contribution < -0.4 is 0 Å². The van der Waals surface area contributed by atoms with Gasteiger partial charge in [0.1, 0.15) is 0 Å². The lowest BCUT2D eigenvalue weighted by Crippen LogP contribution is -2.45. The van der Waals surface area contributed by atoms with Gasteiger partial charge in [-0.05, 0) is 37.9 Å². The maximum atomic E-state index is 11.4. The Hall–Kier alpha value is -2.15. The van der Waals surface area contributed by atoms with Gasteiger partial charge in [0.15, 0.2) is 5.76 Å². The number of carbonyl (C=O) groups is 1. The second kappa shape index (κ2) is 6.39. The molecule has 1 amide bonds. The third-order valence-electron chi connectivity index (χ3n) is 5.17. The van der Waals surface area contributed by atoms with Crippen LogP contribution in [0.2, 0.25) is 0 Å². The highest BCUT2D eigenvalue weighted by atomic mass is 16.4. The summed E-state index contributed by atoms with van der Waals surface area (Å²) in [5.74, 6) is 2.23. The van der Waals surface area contributed by atoms with Gasteiger partial charge in [0.2, 0.25) is 11.8 Å². The Kier molecular flexibility index (Phi) is 4.10. The molecule has 0 aromatic carbocycles. The molecule has 0 saturated carbocycles. The van der Waals surface area contributed by atoms with Crippen molar-refractivity contribution in [2.75, 3.05) is 26.2 Å². The summed E-state index contributed by atoms with van der Waals surface area (Å²) in [6, 6.07) is 4.18. The average Bonchev–Trinajstić information content (AvgIpc) is 3.33. The van der Waals surface area contributed by atoms with Crippen LogP contribution in [0.3, 0.4) is 0 Å². The van der Waals surface area contributed by atoms with Crippen molar-refractivity contribution < 1.29 is 13.6 Å². The first-order valence-electron chi connectivity index (χ1n) is 8.57. The number of aromatic nitrogens is 2. The Morgan fingerprint density at radius 1 is 1.21 bits per heavy atom. The van der Waals surface area contributed by atoms with E-state index in [4.69, 9.17) is 8.83 Å². The predicted octanol–water partition coefficient (Wildman–Crippen LogP) is 2.13. The molecule has 24 heavy (non-hydrogen) atoms. The van der Waals surface area contributed by atoms with Gasteiger partial charge in [0.25, 0.3) is 5.89 Å². The molecule has 4 heterocycles. The second-order valence-electron chi connectivity index (χ2n) is 6.64. The molecule has 0 aliphatic carbocycles. The van der Waals surface area contributed by atoms with Crippen LogP contribution in [-0.4, -0.2) is 58.1 Å². The SMILES string of the molecule is CC(=O)N1CCC(N2CCC(c3nnc(-c4ccco4)o3)C2)CC1. The van der Waals surface area contributed by atoms with Gasteiger partial charge in [-0.1, -0.05) is 0 Å². The van der Waals surface area contributed by atoms with Gasteiger partial charge in [-0.25, -0.2) is 0 Å². The van der Waals surface area contributed by atoms with Gasteiger partial charge < -0.3 is 13.7 Å². The molecular formula is C17H22N4O3. The van der Waals surface area contributed by atoms with Crippen molar-refractivity contribution in [2.24, 2.45) is 0 Å². The van der Waals surface area contributed by atoms with E-state index in [1.165, 1.54) is 0 Å². The molecule has 2 fully saturated rings.